The summed E-state index contributed by atoms with van der Waals surface area (Å²) in [6.07, 6.45) is 0. The molecular weight excluding hydrogens is 200 g/mol. The smallest absolute Gasteiger partial charge is 0.120 e. The average molecular weight is 216 g/mol. The Morgan fingerprint density at radius 3 is 2.44 bits per heavy atom. The molecule has 0 radical (unpaired) electrons. The van der Waals surface area contributed by atoms with Gasteiger partial charge in [0.2, 0.25) is 0 Å². The van der Waals surface area contributed by atoms with Gasteiger partial charge >= 0.3 is 0 Å². The van der Waals surface area contributed by atoms with Gasteiger partial charge in [0, 0.05) is 0 Å². The number of fused-ring (bicyclic) bond motifs is 1. The fourth-order valence-corrected chi connectivity index (χ4v) is 1.52. The van der Waals surface area contributed by atoms with Crippen LogP contribution in [0, 0.1) is 0 Å². The summed E-state index contributed by atoms with van der Waals surface area (Å²) in [4.78, 5) is 0. The zero-order valence-electron chi connectivity index (χ0n) is 9.60. The van der Waals surface area contributed by atoms with Gasteiger partial charge < -0.3 is 9.84 Å². The fraction of sp³-hybridized carbons (Fsp3) is 0.286. The second-order valence-corrected chi connectivity index (χ2v) is 4.61. The molecule has 0 spiro atoms. The molecule has 0 saturated heterocycles. The molecule has 1 N–H and O–H groups in total. The maximum atomic E-state index is 9.57. The highest BCUT2D eigenvalue weighted by molar-refractivity contribution is 5.83. The lowest BCUT2D eigenvalue weighted by atomic mass is 10.1. The molecule has 84 valence electrons. The Hall–Kier alpha value is -1.54. The predicted octanol–water partition coefficient (Wildman–Crippen LogP) is 2.99. The molecule has 2 aromatic rings. The minimum absolute atomic E-state index is 0.297. The van der Waals surface area contributed by atoms with Crippen molar-refractivity contribution in [2.45, 2.75) is 19.4 Å². The maximum absolute atomic E-state index is 9.57. The lowest BCUT2D eigenvalue weighted by Crippen LogP contribution is -2.27. The van der Waals surface area contributed by atoms with Crippen LogP contribution in [0.15, 0.2) is 42.5 Å². The summed E-state index contributed by atoms with van der Waals surface area (Å²) in [6, 6.07) is 14.1. The Bertz CT molecular complexity index is 483. The van der Waals surface area contributed by atoms with Gasteiger partial charge in [-0.15, -0.1) is 0 Å². The fourth-order valence-electron chi connectivity index (χ4n) is 1.52. The van der Waals surface area contributed by atoms with Gasteiger partial charge in [-0.2, -0.15) is 0 Å². The van der Waals surface area contributed by atoms with E-state index in [-0.39, 0.29) is 0 Å². The summed E-state index contributed by atoms with van der Waals surface area (Å²) in [6.45, 7) is 3.76. The van der Waals surface area contributed by atoms with Crippen LogP contribution in [0.4, 0.5) is 0 Å². The number of hydrogen-bond donors (Lipinski definition) is 1. The van der Waals surface area contributed by atoms with Crippen LogP contribution in [0.3, 0.4) is 0 Å². The van der Waals surface area contributed by atoms with Crippen molar-refractivity contribution in [1.29, 1.82) is 0 Å². The van der Waals surface area contributed by atoms with Crippen LogP contribution in [-0.4, -0.2) is 17.3 Å². The van der Waals surface area contributed by atoms with Gasteiger partial charge in [-0.25, -0.2) is 0 Å². The van der Waals surface area contributed by atoms with Crippen LogP contribution in [0.5, 0.6) is 5.75 Å². The molecule has 0 amide bonds. The maximum Gasteiger partial charge on any atom is 0.120 e. The Labute approximate surface area is 95.5 Å². The molecule has 0 saturated carbocycles. The van der Waals surface area contributed by atoms with Gasteiger partial charge in [0.1, 0.15) is 12.4 Å². The van der Waals surface area contributed by atoms with E-state index in [2.05, 4.69) is 6.07 Å². The molecule has 0 bridgehead atoms. The van der Waals surface area contributed by atoms with Gasteiger partial charge in [0.25, 0.3) is 0 Å². The van der Waals surface area contributed by atoms with E-state index >= 15 is 0 Å². The molecule has 0 aliphatic carbocycles. The van der Waals surface area contributed by atoms with Crippen molar-refractivity contribution in [2.24, 2.45) is 0 Å². The predicted molar refractivity (Wildman–Crippen MR) is 65.7 cm³/mol. The van der Waals surface area contributed by atoms with E-state index in [0.29, 0.717) is 6.61 Å². The molecule has 2 nitrogen and oxygen atoms in total. The second kappa shape index (κ2) is 4.14. The van der Waals surface area contributed by atoms with Crippen LogP contribution < -0.4 is 4.74 Å². The van der Waals surface area contributed by atoms with Gasteiger partial charge in [0.05, 0.1) is 5.60 Å². The molecule has 0 aliphatic rings. The van der Waals surface area contributed by atoms with Crippen LogP contribution in [0.25, 0.3) is 10.8 Å². The van der Waals surface area contributed by atoms with Gasteiger partial charge in [-0.3, -0.25) is 0 Å². The summed E-state index contributed by atoms with van der Waals surface area (Å²) >= 11 is 0. The Morgan fingerprint density at radius 2 is 1.75 bits per heavy atom. The van der Waals surface area contributed by atoms with Crippen molar-refractivity contribution in [3.05, 3.63) is 42.5 Å². The number of hydrogen-bond acceptors (Lipinski definition) is 2. The molecule has 2 heteroatoms. The van der Waals surface area contributed by atoms with Gasteiger partial charge in [0.15, 0.2) is 0 Å². The Morgan fingerprint density at radius 1 is 1.06 bits per heavy atom. The summed E-state index contributed by atoms with van der Waals surface area (Å²) in [5.41, 5.74) is -0.800. The van der Waals surface area contributed by atoms with E-state index in [1.165, 1.54) is 5.39 Å². The first-order valence-electron chi connectivity index (χ1n) is 5.39. The minimum atomic E-state index is -0.800. The highest BCUT2D eigenvalue weighted by Crippen LogP contribution is 2.21. The van der Waals surface area contributed by atoms with E-state index in [1.807, 2.05) is 36.4 Å². The van der Waals surface area contributed by atoms with E-state index in [9.17, 15) is 5.11 Å². The van der Waals surface area contributed by atoms with Gasteiger partial charge in [-0.1, -0.05) is 30.3 Å². The Balaban J connectivity index is 2.20. The first-order chi connectivity index (χ1) is 7.54. The highest BCUT2D eigenvalue weighted by Gasteiger charge is 2.13. The normalized spacial score (nSPS) is 11.7. The summed E-state index contributed by atoms with van der Waals surface area (Å²) in [5, 5.41) is 11.9. The first kappa shape index (κ1) is 11.0. The van der Waals surface area contributed by atoms with E-state index in [4.69, 9.17) is 4.74 Å². The van der Waals surface area contributed by atoms with Crippen LogP contribution in [0.2, 0.25) is 0 Å². The third-order valence-electron chi connectivity index (χ3n) is 2.31. The molecular formula is C14H16O2. The minimum Gasteiger partial charge on any atom is -0.491 e. The first-order valence-corrected chi connectivity index (χ1v) is 5.39. The van der Waals surface area contributed by atoms with Gasteiger partial charge in [-0.05, 0) is 36.8 Å². The zero-order valence-corrected chi connectivity index (χ0v) is 9.60. The van der Waals surface area contributed by atoms with E-state index in [1.54, 1.807) is 13.8 Å². The molecule has 0 atom stereocenters. The molecule has 16 heavy (non-hydrogen) atoms. The molecule has 2 rings (SSSR count). The molecule has 0 heterocycles. The summed E-state index contributed by atoms with van der Waals surface area (Å²) < 4.78 is 5.53. The van der Waals surface area contributed by atoms with Crippen molar-refractivity contribution in [3.63, 3.8) is 0 Å². The van der Waals surface area contributed by atoms with Crippen LogP contribution in [-0.2, 0) is 0 Å². The monoisotopic (exact) mass is 216 g/mol. The third kappa shape index (κ3) is 2.74. The lowest BCUT2D eigenvalue weighted by molar-refractivity contribution is 0.0285. The summed E-state index contributed by atoms with van der Waals surface area (Å²) in [5.74, 6) is 0.792. The third-order valence-corrected chi connectivity index (χ3v) is 2.31. The average Bonchev–Trinajstić information content (AvgIpc) is 2.25. The Kier molecular flexibility index (Phi) is 2.84. The molecule has 0 aromatic heterocycles. The van der Waals surface area contributed by atoms with Crippen molar-refractivity contribution in [3.8, 4) is 5.75 Å². The molecule has 0 aliphatic heterocycles. The van der Waals surface area contributed by atoms with E-state index in [0.717, 1.165) is 11.1 Å². The van der Waals surface area contributed by atoms with E-state index < -0.39 is 5.60 Å². The molecule has 0 fully saturated rings. The number of benzene rings is 2. The van der Waals surface area contributed by atoms with Crippen molar-refractivity contribution >= 4 is 10.8 Å². The summed E-state index contributed by atoms with van der Waals surface area (Å²) in [7, 11) is 0. The number of ether oxygens (including phenoxy) is 1. The van der Waals surface area contributed by atoms with Crippen molar-refractivity contribution in [2.75, 3.05) is 6.61 Å². The lowest BCUT2D eigenvalue weighted by Gasteiger charge is -2.17. The van der Waals surface area contributed by atoms with Crippen molar-refractivity contribution in [1.82, 2.24) is 0 Å². The van der Waals surface area contributed by atoms with Crippen LogP contribution >= 0.6 is 0 Å². The topological polar surface area (TPSA) is 29.5 Å². The number of aliphatic hydroxyl groups is 1. The largest absolute Gasteiger partial charge is 0.491 e. The van der Waals surface area contributed by atoms with Crippen LogP contribution in [0.1, 0.15) is 13.8 Å². The second-order valence-electron chi connectivity index (χ2n) is 4.61. The molecule has 0 unspecified atom stereocenters. The number of rotatable bonds is 3. The standard InChI is InChI=1S/C14H16O2/c1-14(2,15)10-16-13-8-7-11-5-3-4-6-12(11)9-13/h3-9,15H,10H2,1-2H3. The zero-order chi connectivity index (χ0) is 11.6. The molecule has 2 aromatic carbocycles. The highest BCUT2D eigenvalue weighted by atomic mass is 16.5. The van der Waals surface area contributed by atoms with Crippen molar-refractivity contribution < 1.29 is 9.84 Å². The SMILES string of the molecule is CC(C)(O)COc1ccc2ccccc2c1. The quantitative estimate of drug-likeness (QED) is 0.854.